The number of amides is 1. The van der Waals surface area contributed by atoms with Gasteiger partial charge in [-0.25, -0.2) is 9.97 Å². The van der Waals surface area contributed by atoms with E-state index in [1.807, 2.05) is 30.3 Å². The van der Waals surface area contributed by atoms with Crippen molar-refractivity contribution in [2.75, 3.05) is 24.6 Å². The quantitative estimate of drug-likeness (QED) is 0.723. The minimum Gasteiger partial charge on any atom is -0.387 e. The third-order valence-electron chi connectivity index (χ3n) is 5.43. The van der Waals surface area contributed by atoms with Crippen LogP contribution >= 0.6 is 11.6 Å². The molecule has 6 rings (SSSR count). The molecular weight excluding hydrogens is 366 g/mol. The molecule has 0 aliphatic carbocycles. The van der Waals surface area contributed by atoms with E-state index in [0.29, 0.717) is 23.9 Å². The molecule has 2 N–H and O–H groups in total. The summed E-state index contributed by atoms with van der Waals surface area (Å²) in [7, 11) is 0. The average Bonchev–Trinajstić information content (AvgIpc) is 3.12. The number of para-hydroxylation sites is 2. The number of H-pyrrole nitrogens is 1. The standard InChI is InChI=1S/C19H18ClN5O2/c20-14-7-21-17(25-11-5-12(25)9-24(8-11)18(27)10-26)6-13(14)19-22-15-3-1-2-4-16(15)23-19/h1-4,6-7,11-12,26H,5,8-10H2,(H,22,23). The van der Waals surface area contributed by atoms with Crippen molar-refractivity contribution in [3.8, 4) is 11.4 Å². The number of carbonyl (C=O) groups excluding carboxylic acids is 1. The number of hydrogen-bond donors (Lipinski definition) is 2. The van der Waals surface area contributed by atoms with Crippen molar-refractivity contribution >= 4 is 34.4 Å². The predicted octanol–water partition coefficient (Wildman–Crippen LogP) is 2.06. The van der Waals surface area contributed by atoms with E-state index in [9.17, 15) is 4.79 Å². The Balaban J connectivity index is 1.46. The minimum absolute atomic E-state index is 0.212. The zero-order valence-electron chi connectivity index (χ0n) is 14.5. The number of pyridine rings is 1. The van der Waals surface area contributed by atoms with Gasteiger partial charge in [0.05, 0.1) is 28.1 Å². The number of piperidine rings is 1. The number of aromatic amines is 1. The third-order valence-corrected chi connectivity index (χ3v) is 5.73. The van der Waals surface area contributed by atoms with Gasteiger partial charge in [-0.2, -0.15) is 0 Å². The number of piperazine rings is 1. The molecule has 3 aliphatic heterocycles. The lowest BCUT2D eigenvalue weighted by molar-refractivity contribution is -0.137. The topological polar surface area (TPSA) is 85.4 Å². The van der Waals surface area contributed by atoms with E-state index >= 15 is 0 Å². The maximum atomic E-state index is 11.8. The van der Waals surface area contributed by atoms with E-state index in [4.69, 9.17) is 16.7 Å². The second kappa shape index (κ2) is 6.21. The van der Waals surface area contributed by atoms with Crippen molar-refractivity contribution in [2.24, 2.45) is 0 Å². The summed E-state index contributed by atoms with van der Waals surface area (Å²) in [5.41, 5.74) is 2.66. The van der Waals surface area contributed by atoms with Crippen molar-refractivity contribution in [3.63, 3.8) is 0 Å². The van der Waals surface area contributed by atoms with Gasteiger partial charge in [-0.05, 0) is 24.6 Å². The number of halogens is 1. The van der Waals surface area contributed by atoms with Crippen LogP contribution in [0.3, 0.4) is 0 Å². The SMILES string of the molecule is O=C(CO)N1CC2CC(C1)N2c1cc(-c2nc3ccccc3[nH]2)c(Cl)cn1. The normalized spacial score (nSPS) is 21.4. The Morgan fingerprint density at radius 3 is 2.81 bits per heavy atom. The fourth-order valence-electron chi connectivity index (χ4n) is 4.12. The van der Waals surface area contributed by atoms with Crippen LogP contribution in [0.5, 0.6) is 0 Å². The van der Waals surface area contributed by atoms with Gasteiger partial charge in [-0.15, -0.1) is 0 Å². The molecule has 0 spiro atoms. The largest absolute Gasteiger partial charge is 0.387 e. The van der Waals surface area contributed by atoms with Crippen LogP contribution < -0.4 is 4.90 Å². The molecule has 7 nitrogen and oxygen atoms in total. The number of aliphatic hydroxyl groups is 1. The molecule has 138 valence electrons. The summed E-state index contributed by atoms with van der Waals surface area (Å²) >= 11 is 6.41. The van der Waals surface area contributed by atoms with Crippen molar-refractivity contribution in [2.45, 2.75) is 18.5 Å². The Hall–Kier alpha value is -2.64. The average molecular weight is 384 g/mol. The van der Waals surface area contributed by atoms with Gasteiger partial charge in [0.25, 0.3) is 0 Å². The maximum Gasteiger partial charge on any atom is 0.248 e. The number of imidazole rings is 1. The van der Waals surface area contributed by atoms with Crippen LogP contribution in [0.4, 0.5) is 5.82 Å². The van der Waals surface area contributed by atoms with Crippen LogP contribution in [0.25, 0.3) is 22.4 Å². The first-order valence-corrected chi connectivity index (χ1v) is 9.29. The summed E-state index contributed by atoms with van der Waals surface area (Å²) in [5.74, 6) is 1.34. The van der Waals surface area contributed by atoms with Crippen molar-refractivity contribution in [1.29, 1.82) is 0 Å². The summed E-state index contributed by atoms with van der Waals surface area (Å²) in [6.07, 6.45) is 2.68. The molecule has 0 radical (unpaired) electrons. The third kappa shape index (κ3) is 2.65. The Morgan fingerprint density at radius 2 is 2.07 bits per heavy atom. The summed E-state index contributed by atoms with van der Waals surface area (Å²) in [6.45, 7) is 0.787. The summed E-state index contributed by atoms with van der Waals surface area (Å²) in [5, 5.41) is 9.62. The van der Waals surface area contributed by atoms with Crippen molar-refractivity contribution in [1.82, 2.24) is 19.9 Å². The van der Waals surface area contributed by atoms with Gasteiger partial charge in [0, 0.05) is 24.8 Å². The molecule has 2 atom stereocenters. The molecule has 2 aromatic heterocycles. The smallest absolute Gasteiger partial charge is 0.248 e. The van der Waals surface area contributed by atoms with Crippen molar-refractivity contribution < 1.29 is 9.90 Å². The molecule has 8 heteroatoms. The monoisotopic (exact) mass is 383 g/mol. The number of rotatable bonds is 3. The zero-order chi connectivity index (χ0) is 18.5. The lowest BCUT2D eigenvalue weighted by atomic mass is 9.87. The van der Waals surface area contributed by atoms with E-state index in [1.165, 1.54) is 0 Å². The fourth-order valence-corrected chi connectivity index (χ4v) is 4.31. The van der Waals surface area contributed by atoms with Crippen LogP contribution in [0, 0.1) is 0 Å². The molecule has 3 aliphatic rings. The van der Waals surface area contributed by atoms with Gasteiger partial charge < -0.3 is 19.9 Å². The highest BCUT2D eigenvalue weighted by Crippen LogP contribution is 2.38. The molecule has 2 unspecified atom stereocenters. The van der Waals surface area contributed by atoms with Gasteiger partial charge in [-0.1, -0.05) is 23.7 Å². The Kier molecular flexibility index (Phi) is 3.80. The van der Waals surface area contributed by atoms with Gasteiger partial charge in [0.2, 0.25) is 5.91 Å². The molecule has 0 saturated carbocycles. The number of nitrogens with one attached hydrogen (secondary N) is 1. The molecule has 3 saturated heterocycles. The Bertz CT molecular complexity index is 991. The van der Waals surface area contributed by atoms with Gasteiger partial charge in [-0.3, -0.25) is 4.79 Å². The molecule has 1 aromatic carbocycles. The maximum absolute atomic E-state index is 11.8. The number of aliphatic hydroxyl groups excluding tert-OH is 1. The highest BCUT2D eigenvalue weighted by atomic mass is 35.5. The molecule has 1 amide bonds. The fraction of sp³-hybridized carbons (Fsp3) is 0.316. The van der Waals surface area contributed by atoms with Crippen LogP contribution in [-0.4, -0.2) is 62.6 Å². The molecule has 27 heavy (non-hydrogen) atoms. The lowest BCUT2D eigenvalue weighted by Gasteiger charge is -2.56. The van der Waals surface area contributed by atoms with Crippen LogP contribution in [0.2, 0.25) is 5.02 Å². The molecule has 3 fully saturated rings. The Labute approximate surface area is 160 Å². The summed E-state index contributed by atoms with van der Waals surface area (Å²) < 4.78 is 0. The Morgan fingerprint density at radius 1 is 1.30 bits per heavy atom. The zero-order valence-corrected chi connectivity index (χ0v) is 15.2. The van der Waals surface area contributed by atoms with Crippen LogP contribution in [0.15, 0.2) is 36.5 Å². The first-order chi connectivity index (χ1) is 13.1. The van der Waals surface area contributed by atoms with Gasteiger partial charge >= 0.3 is 0 Å². The number of anilines is 1. The molecule has 3 aromatic rings. The number of nitrogens with zero attached hydrogens (tertiary/aromatic N) is 4. The number of hydrogen-bond acceptors (Lipinski definition) is 5. The number of fused-ring (bicyclic) bond motifs is 3. The van der Waals surface area contributed by atoms with E-state index in [-0.39, 0.29) is 18.0 Å². The lowest BCUT2D eigenvalue weighted by Crippen LogP contribution is -2.70. The van der Waals surface area contributed by atoms with E-state index < -0.39 is 6.61 Å². The second-order valence-electron chi connectivity index (χ2n) is 7.03. The van der Waals surface area contributed by atoms with Crippen LogP contribution in [-0.2, 0) is 4.79 Å². The summed E-state index contributed by atoms with van der Waals surface area (Å²) in [6, 6.07) is 10.3. The van der Waals surface area contributed by atoms with Crippen LogP contribution in [0.1, 0.15) is 6.42 Å². The van der Waals surface area contributed by atoms with E-state index in [0.717, 1.165) is 28.8 Å². The number of carbonyl (C=O) groups is 1. The van der Waals surface area contributed by atoms with Crippen molar-refractivity contribution in [3.05, 3.63) is 41.6 Å². The van der Waals surface area contributed by atoms with Gasteiger partial charge in [0.15, 0.2) is 0 Å². The second-order valence-corrected chi connectivity index (χ2v) is 7.44. The van der Waals surface area contributed by atoms with Gasteiger partial charge in [0.1, 0.15) is 18.2 Å². The molecule has 2 bridgehead atoms. The van der Waals surface area contributed by atoms with E-state index in [2.05, 4.69) is 19.9 Å². The number of benzene rings is 1. The molecule has 5 heterocycles. The predicted molar refractivity (Wildman–Crippen MR) is 103 cm³/mol. The number of aromatic nitrogens is 3. The first-order valence-electron chi connectivity index (χ1n) is 8.91. The first kappa shape index (κ1) is 16.5. The minimum atomic E-state index is -0.436. The molecular formula is C19H18ClN5O2. The highest BCUT2D eigenvalue weighted by molar-refractivity contribution is 6.33. The van der Waals surface area contributed by atoms with E-state index in [1.54, 1.807) is 11.1 Å². The summed E-state index contributed by atoms with van der Waals surface area (Å²) in [4.78, 5) is 28.2. The highest BCUT2D eigenvalue weighted by Gasteiger charge is 2.46.